The molecule has 1 saturated heterocycles. The molecular formula is C24H30ClN3O5. The maximum atomic E-state index is 12.8. The van der Waals surface area contributed by atoms with Gasteiger partial charge >= 0.3 is 6.03 Å². The number of halogens is 1. The Bertz CT molecular complexity index is 951. The Hall–Kier alpha value is -3.13. The van der Waals surface area contributed by atoms with Crippen molar-refractivity contribution in [3.05, 3.63) is 47.0 Å². The highest BCUT2D eigenvalue weighted by molar-refractivity contribution is 6.31. The van der Waals surface area contributed by atoms with Gasteiger partial charge in [0.15, 0.2) is 11.5 Å². The molecule has 0 saturated carbocycles. The van der Waals surface area contributed by atoms with Gasteiger partial charge in [-0.1, -0.05) is 29.8 Å². The van der Waals surface area contributed by atoms with Gasteiger partial charge in [-0.3, -0.25) is 4.79 Å². The van der Waals surface area contributed by atoms with Crippen molar-refractivity contribution in [3.8, 4) is 17.2 Å². The summed E-state index contributed by atoms with van der Waals surface area (Å²) in [6, 6.07) is 10.6. The zero-order chi connectivity index (χ0) is 23.8. The highest BCUT2D eigenvalue weighted by atomic mass is 35.5. The molecule has 9 heteroatoms. The first-order valence-corrected chi connectivity index (χ1v) is 11.2. The maximum Gasteiger partial charge on any atom is 0.321 e. The Morgan fingerprint density at radius 3 is 2.24 bits per heavy atom. The number of amides is 3. The van der Waals surface area contributed by atoms with Gasteiger partial charge in [-0.25, -0.2) is 4.79 Å². The number of carbonyl (C=O) groups excluding carboxylic acids is 2. The molecule has 0 bridgehead atoms. The SMILES string of the molecule is COc1cc(NC(=O)N2CCC(CC(=O)NCc3ccccc3Cl)CC2)cc(OC)c1OC. The van der Waals surface area contributed by atoms with Crippen molar-refractivity contribution in [3.63, 3.8) is 0 Å². The van der Waals surface area contributed by atoms with Crippen LogP contribution < -0.4 is 24.8 Å². The molecule has 2 aromatic rings. The van der Waals surface area contributed by atoms with E-state index in [0.29, 0.717) is 54.0 Å². The predicted octanol–water partition coefficient (Wildman–Crippen LogP) is 4.32. The number of carbonyl (C=O) groups is 2. The molecule has 8 nitrogen and oxygen atoms in total. The lowest BCUT2D eigenvalue weighted by Gasteiger charge is -2.31. The van der Waals surface area contributed by atoms with Crippen LogP contribution in [0.3, 0.4) is 0 Å². The van der Waals surface area contributed by atoms with Crippen molar-refractivity contribution in [2.24, 2.45) is 5.92 Å². The van der Waals surface area contributed by atoms with Crippen molar-refractivity contribution in [1.29, 1.82) is 0 Å². The first-order chi connectivity index (χ1) is 15.9. The number of benzene rings is 2. The monoisotopic (exact) mass is 475 g/mol. The number of hydrogen-bond acceptors (Lipinski definition) is 5. The second kappa shape index (κ2) is 11.7. The van der Waals surface area contributed by atoms with E-state index < -0.39 is 0 Å². The van der Waals surface area contributed by atoms with E-state index in [-0.39, 0.29) is 17.9 Å². The molecule has 1 fully saturated rings. The van der Waals surface area contributed by atoms with Gasteiger partial charge < -0.3 is 29.7 Å². The van der Waals surface area contributed by atoms with Gasteiger partial charge in [0.2, 0.25) is 11.7 Å². The number of nitrogens with one attached hydrogen (secondary N) is 2. The van der Waals surface area contributed by atoms with Gasteiger partial charge in [0, 0.05) is 43.2 Å². The average molecular weight is 476 g/mol. The minimum absolute atomic E-state index is 0.00440. The van der Waals surface area contributed by atoms with Crippen LogP contribution in [-0.2, 0) is 11.3 Å². The largest absolute Gasteiger partial charge is 0.493 e. The fourth-order valence-corrected chi connectivity index (χ4v) is 4.07. The maximum absolute atomic E-state index is 12.8. The summed E-state index contributed by atoms with van der Waals surface area (Å²) in [6.45, 7) is 1.58. The van der Waals surface area contributed by atoms with E-state index in [1.54, 1.807) is 17.0 Å². The molecule has 1 heterocycles. The number of ether oxygens (including phenoxy) is 3. The van der Waals surface area contributed by atoms with Gasteiger partial charge in [0.05, 0.1) is 27.0 Å². The Morgan fingerprint density at radius 1 is 1.03 bits per heavy atom. The number of urea groups is 1. The van der Waals surface area contributed by atoms with E-state index in [1.165, 1.54) is 21.3 Å². The lowest BCUT2D eigenvalue weighted by Crippen LogP contribution is -2.41. The second-order valence-corrected chi connectivity index (χ2v) is 8.25. The quantitative estimate of drug-likeness (QED) is 0.593. The van der Waals surface area contributed by atoms with E-state index in [2.05, 4.69) is 10.6 Å². The standard InChI is InChI=1S/C24H30ClN3O5/c1-31-20-13-18(14-21(32-2)23(20)33-3)27-24(30)28-10-8-16(9-11-28)12-22(29)26-15-17-6-4-5-7-19(17)25/h4-7,13-14,16H,8-12,15H2,1-3H3,(H,26,29)(H,27,30). The number of anilines is 1. The number of nitrogens with zero attached hydrogens (tertiary/aromatic N) is 1. The van der Waals surface area contributed by atoms with Crippen LogP contribution in [0.15, 0.2) is 36.4 Å². The Kier molecular flexibility index (Phi) is 8.65. The Morgan fingerprint density at radius 2 is 1.67 bits per heavy atom. The molecule has 3 amide bonds. The van der Waals surface area contributed by atoms with Crippen LogP contribution in [0.4, 0.5) is 10.5 Å². The van der Waals surface area contributed by atoms with Crippen LogP contribution >= 0.6 is 11.6 Å². The molecule has 0 aliphatic carbocycles. The molecule has 178 valence electrons. The molecule has 0 atom stereocenters. The fourth-order valence-electron chi connectivity index (χ4n) is 3.87. The van der Waals surface area contributed by atoms with Crippen LogP contribution in [0.1, 0.15) is 24.8 Å². The lowest BCUT2D eigenvalue weighted by molar-refractivity contribution is -0.122. The van der Waals surface area contributed by atoms with Crippen LogP contribution in [0.5, 0.6) is 17.2 Å². The van der Waals surface area contributed by atoms with Gasteiger partial charge in [0.25, 0.3) is 0 Å². The molecule has 2 N–H and O–H groups in total. The van der Waals surface area contributed by atoms with Crippen LogP contribution in [0.25, 0.3) is 0 Å². The Labute approximate surface area is 199 Å². The Balaban J connectivity index is 1.48. The summed E-state index contributed by atoms with van der Waals surface area (Å²) in [5, 5.41) is 6.47. The molecule has 33 heavy (non-hydrogen) atoms. The number of rotatable bonds is 8. The molecule has 0 radical (unpaired) electrons. The normalized spacial score (nSPS) is 13.9. The number of hydrogen-bond donors (Lipinski definition) is 2. The molecule has 0 aromatic heterocycles. The lowest BCUT2D eigenvalue weighted by atomic mass is 9.93. The van der Waals surface area contributed by atoms with Crippen LogP contribution in [0.2, 0.25) is 5.02 Å². The van der Waals surface area contributed by atoms with Gasteiger partial charge in [-0.2, -0.15) is 0 Å². The molecule has 1 aliphatic heterocycles. The third kappa shape index (κ3) is 6.44. The summed E-state index contributed by atoms with van der Waals surface area (Å²) < 4.78 is 16.0. The molecule has 0 spiro atoms. The first kappa shape index (κ1) is 24.5. The summed E-state index contributed by atoms with van der Waals surface area (Å²) in [5.74, 6) is 1.63. The van der Waals surface area contributed by atoms with Crippen LogP contribution in [0, 0.1) is 5.92 Å². The molecule has 0 unspecified atom stereocenters. The molecule has 1 aliphatic rings. The second-order valence-electron chi connectivity index (χ2n) is 7.85. The average Bonchev–Trinajstić information content (AvgIpc) is 2.83. The zero-order valence-corrected chi connectivity index (χ0v) is 19.9. The third-order valence-electron chi connectivity index (χ3n) is 5.73. The highest BCUT2D eigenvalue weighted by Crippen LogP contribution is 2.40. The smallest absolute Gasteiger partial charge is 0.321 e. The highest BCUT2D eigenvalue weighted by Gasteiger charge is 2.25. The van der Waals surface area contributed by atoms with Crippen molar-refractivity contribution in [2.45, 2.75) is 25.8 Å². The number of methoxy groups -OCH3 is 3. The summed E-state index contributed by atoms with van der Waals surface area (Å²) in [6.07, 6.45) is 1.97. The van der Waals surface area contributed by atoms with Gasteiger partial charge in [-0.15, -0.1) is 0 Å². The minimum Gasteiger partial charge on any atom is -0.493 e. The fraction of sp³-hybridized carbons (Fsp3) is 0.417. The number of likely N-dealkylation sites (tertiary alicyclic amines) is 1. The predicted molar refractivity (Wildman–Crippen MR) is 127 cm³/mol. The van der Waals surface area contributed by atoms with E-state index in [9.17, 15) is 9.59 Å². The number of piperidine rings is 1. The van der Waals surface area contributed by atoms with Crippen molar-refractivity contribution in [2.75, 3.05) is 39.7 Å². The van der Waals surface area contributed by atoms with E-state index in [0.717, 1.165) is 18.4 Å². The molecule has 3 rings (SSSR count). The zero-order valence-electron chi connectivity index (χ0n) is 19.2. The van der Waals surface area contributed by atoms with Gasteiger partial charge in [-0.05, 0) is 30.4 Å². The minimum atomic E-state index is -0.203. The molecular weight excluding hydrogens is 446 g/mol. The van der Waals surface area contributed by atoms with Crippen molar-refractivity contribution < 1.29 is 23.8 Å². The summed E-state index contributed by atoms with van der Waals surface area (Å²) >= 11 is 6.14. The van der Waals surface area contributed by atoms with E-state index >= 15 is 0 Å². The van der Waals surface area contributed by atoms with Crippen LogP contribution in [-0.4, -0.2) is 51.3 Å². The van der Waals surface area contributed by atoms with E-state index in [4.69, 9.17) is 25.8 Å². The summed E-state index contributed by atoms with van der Waals surface area (Å²) in [5.41, 5.74) is 1.45. The summed E-state index contributed by atoms with van der Waals surface area (Å²) in [7, 11) is 4.58. The molecule has 2 aromatic carbocycles. The third-order valence-corrected chi connectivity index (χ3v) is 6.09. The van der Waals surface area contributed by atoms with E-state index in [1.807, 2.05) is 24.3 Å². The van der Waals surface area contributed by atoms with Crippen molar-refractivity contribution >= 4 is 29.2 Å². The van der Waals surface area contributed by atoms with Crippen molar-refractivity contribution in [1.82, 2.24) is 10.2 Å². The topological polar surface area (TPSA) is 89.1 Å². The van der Waals surface area contributed by atoms with Gasteiger partial charge in [0.1, 0.15) is 0 Å². The first-order valence-electron chi connectivity index (χ1n) is 10.8. The summed E-state index contributed by atoms with van der Waals surface area (Å²) in [4.78, 5) is 26.8.